The third kappa shape index (κ3) is 1.06. The molecule has 0 aromatic heterocycles. The van der Waals surface area contributed by atoms with Gasteiger partial charge < -0.3 is 9.47 Å². The van der Waals surface area contributed by atoms with Crippen molar-refractivity contribution in [3.8, 4) is 0 Å². The van der Waals surface area contributed by atoms with E-state index in [1.807, 2.05) is 6.92 Å². The fourth-order valence-corrected chi connectivity index (χ4v) is 1.90. The van der Waals surface area contributed by atoms with E-state index in [4.69, 9.17) is 9.47 Å². The van der Waals surface area contributed by atoms with E-state index in [1.165, 1.54) is 25.7 Å². The summed E-state index contributed by atoms with van der Waals surface area (Å²) < 4.78 is 11.1. The van der Waals surface area contributed by atoms with Crippen LogP contribution in [0.15, 0.2) is 0 Å². The Hall–Kier alpha value is -0.0800. The lowest BCUT2D eigenvalue weighted by molar-refractivity contribution is -0.0499. The van der Waals surface area contributed by atoms with Gasteiger partial charge >= 0.3 is 0 Å². The molecule has 0 aromatic rings. The first kappa shape index (κ1) is 6.62. The van der Waals surface area contributed by atoms with E-state index in [-0.39, 0.29) is 6.29 Å². The van der Waals surface area contributed by atoms with Gasteiger partial charge in [0.1, 0.15) is 0 Å². The van der Waals surface area contributed by atoms with Crippen molar-refractivity contribution < 1.29 is 9.47 Å². The van der Waals surface area contributed by atoms with Crippen LogP contribution in [0.2, 0.25) is 0 Å². The molecule has 0 N–H and O–H groups in total. The highest BCUT2D eigenvalue weighted by molar-refractivity contribution is 4.80. The van der Waals surface area contributed by atoms with E-state index >= 15 is 0 Å². The SMILES string of the molecule is CC1O[C@H]2CCCC[C@H]2O1. The number of hydrogen-bond acceptors (Lipinski definition) is 2. The summed E-state index contributed by atoms with van der Waals surface area (Å²) in [6.45, 7) is 1.98. The fourth-order valence-electron chi connectivity index (χ4n) is 1.90. The first-order valence-corrected chi connectivity index (χ1v) is 4.17. The van der Waals surface area contributed by atoms with Crippen LogP contribution < -0.4 is 0 Å². The minimum absolute atomic E-state index is 0.0492. The van der Waals surface area contributed by atoms with Gasteiger partial charge in [0.05, 0.1) is 12.2 Å². The van der Waals surface area contributed by atoms with Crippen LogP contribution in [-0.2, 0) is 9.47 Å². The highest BCUT2D eigenvalue weighted by Crippen LogP contribution is 2.30. The van der Waals surface area contributed by atoms with Gasteiger partial charge in [0.15, 0.2) is 6.29 Å². The second kappa shape index (κ2) is 2.51. The molecule has 1 aliphatic heterocycles. The molecule has 1 aliphatic carbocycles. The molecule has 0 radical (unpaired) electrons. The van der Waals surface area contributed by atoms with Gasteiger partial charge in [-0.15, -0.1) is 0 Å². The van der Waals surface area contributed by atoms with Gasteiger partial charge in [-0.1, -0.05) is 12.8 Å². The highest BCUT2D eigenvalue weighted by atomic mass is 16.7. The highest BCUT2D eigenvalue weighted by Gasteiger charge is 2.35. The maximum Gasteiger partial charge on any atom is 0.155 e. The number of rotatable bonds is 0. The molecule has 0 bridgehead atoms. The molecule has 2 heteroatoms. The summed E-state index contributed by atoms with van der Waals surface area (Å²) in [6, 6.07) is 0. The molecule has 3 atom stereocenters. The van der Waals surface area contributed by atoms with Crippen LogP contribution in [0, 0.1) is 0 Å². The Morgan fingerprint density at radius 2 is 1.50 bits per heavy atom. The molecule has 0 aromatic carbocycles. The normalized spacial score (nSPS) is 47.1. The Labute approximate surface area is 61.5 Å². The maximum absolute atomic E-state index is 5.54. The van der Waals surface area contributed by atoms with E-state index in [2.05, 4.69) is 0 Å². The van der Waals surface area contributed by atoms with Crippen molar-refractivity contribution in [3.63, 3.8) is 0 Å². The van der Waals surface area contributed by atoms with Crippen molar-refractivity contribution in [2.45, 2.75) is 51.1 Å². The lowest BCUT2D eigenvalue weighted by Crippen LogP contribution is -2.25. The number of ether oxygens (including phenoxy) is 2. The Bertz CT molecular complexity index is 110. The molecule has 1 saturated heterocycles. The van der Waals surface area contributed by atoms with E-state index in [1.54, 1.807) is 0 Å². The monoisotopic (exact) mass is 142 g/mol. The Balaban J connectivity index is 1.97. The maximum atomic E-state index is 5.54. The van der Waals surface area contributed by atoms with Crippen LogP contribution in [0.3, 0.4) is 0 Å². The molecular formula is C8H14O2. The van der Waals surface area contributed by atoms with Gasteiger partial charge in [-0.05, 0) is 19.8 Å². The third-order valence-electron chi connectivity index (χ3n) is 2.37. The van der Waals surface area contributed by atoms with E-state index < -0.39 is 0 Å². The summed E-state index contributed by atoms with van der Waals surface area (Å²) in [7, 11) is 0. The smallest absolute Gasteiger partial charge is 0.155 e. The minimum Gasteiger partial charge on any atom is -0.347 e. The van der Waals surface area contributed by atoms with Gasteiger partial charge in [-0.2, -0.15) is 0 Å². The Morgan fingerprint density at radius 3 is 2.00 bits per heavy atom. The molecule has 1 saturated carbocycles. The summed E-state index contributed by atoms with van der Waals surface area (Å²) in [5.74, 6) is 0. The summed E-state index contributed by atoms with van der Waals surface area (Å²) in [5, 5.41) is 0. The molecule has 2 aliphatic rings. The van der Waals surface area contributed by atoms with Crippen LogP contribution in [-0.4, -0.2) is 18.5 Å². The first-order valence-electron chi connectivity index (χ1n) is 4.17. The largest absolute Gasteiger partial charge is 0.347 e. The van der Waals surface area contributed by atoms with Gasteiger partial charge in [0.25, 0.3) is 0 Å². The van der Waals surface area contributed by atoms with Crippen molar-refractivity contribution in [1.82, 2.24) is 0 Å². The van der Waals surface area contributed by atoms with Gasteiger partial charge in [-0.3, -0.25) is 0 Å². The first-order chi connectivity index (χ1) is 4.86. The Kier molecular flexibility index (Phi) is 1.66. The minimum atomic E-state index is 0.0492. The standard InChI is InChI=1S/C8H14O2/c1-6-9-7-4-2-3-5-8(7)10-6/h6-8H,2-5H2,1H3/t6?,7-,8+. The topological polar surface area (TPSA) is 18.5 Å². The third-order valence-corrected chi connectivity index (χ3v) is 2.37. The molecule has 0 amide bonds. The van der Waals surface area contributed by atoms with Crippen LogP contribution in [0.4, 0.5) is 0 Å². The molecule has 10 heavy (non-hydrogen) atoms. The zero-order valence-electron chi connectivity index (χ0n) is 6.38. The molecule has 2 fully saturated rings. The van der Waals surface area contributed by atoms with Crippen molar-refractivity contribution in [2.24, 2.45) is 0 Å². The van der Waals surface area contributed by atoms with Crippen LogP contribution in [0.5, 0.6) is 0 Å². The number of hydrogen-bond donors (Lipinski definition) is 0. The van der Waals surface area contributed by atoms with Crippen LogP contribution >= 0.6 is 0 Å². The second-order valence-corrected chi connectivity index (χ2v) is 3.20. The zero-order valence-corrected chi connectivity index (χ0v) is 6.38. The van der Waals surface area contributed by atoms with E-state index in [0.717, 1.165) is 0 Å². The van der Waals surface area contributed by atoms with Crippen LogP contribution in [0.25, 0.3) is 0 Å². The predicted octanol–water partition coefficient (Wildman–Crippen LogP) is 1.69. The van der Waals surface area contributed by atoms with E-state index in [0.29, 0.717) is 12.2 Å². The van der Waals surface area contributed by atoms with Crippen molar-refractivity contribution in [2.75, 3.05) is 0 Å². The fraction of sp³-hybridized carbons (Fsp3) is 1.00. The van der Waals surface area contributed by atoms with Crippen LogP contribution in [0.1, 0.15) is 32.6 Å². The van der Waals surface area contributed by atoms with Crippen molar-refractivity contribution in [3.05, 3.63) is 0 Å². The zero-order chi connectivity index (χ0) is 6.97. The molecule has 1 heterocycles. The quantitative estimate of drug-likeness (QED) is 0.512. The van der Waals surface area contributed by atoms with Crippen molar-refractivity contribution >= 4 is 0 Å². The average molecular weight is 142 g/mol. The molecule has 0 spiro atoms. The lowest BCUT2D eigenvalue weighted by Gasteiger charge is -2.21. The molecular weight excluding hydrogens is 128 g/mol. The molecule has 2 nitrogen and oxygen atoms in total. The molecule has 1 unspecified atom stereocenters. The Morgan fingerprint density at radius 1 is 1.00 bits per heavy atom. The number of fused-ring (bicyclic) bond motifs is 1. The van der Waals surface area contributed by atoms with Gasteiger partial charge in [0.2, 0.25) is 0 Å². The predicted molar refractivity (Wildman–Crippen MR) is 37.7 cm³/mol. The summed E-state index contributed by atoms with van der Waals surface area (Å²) >= 11 is 0. The average Bonchev–Trinajstić information content (AvgIpc) is 2.27. The summed E-state index contributed by atoms with van der Waals surface area (Å²) in [6.07, 6.45) is 5.93. The van der Waals surface area contributed by atoms with Gasteiger partial charge in [0, 0.05) is 0 Å². The lowest BCUT2D eigenvalue weighted by atomic mass is 9.95. The van der Waals surface area contributed by atoms with Gasteiger partial charge in [-0.25, -0.2) is 0 Å². The molecule has 2 rings (SSSR count). The summed E-state index contributed by atoms with van der Waals surface area (Å²) in [5.41, 5.74) is 0. The van der Waals surface area contributed by atoms with E-state index in [9.17, 15) is 0 Å². The van der Waals surface area contributed by atoms with Crippen molar-refractivity contribution in [1.29, 1.82) is 0 Å². The molecule has 58 valence electrons. The second-order valence-electron chi connectivity index (χ2n) is 3.20. The summed E-state index contributed by atoms with van der Waals surface area (Å²) in [4.78, 5) is 0.